The maximum absolute atomic E-state index is 12.8. The minimum absolute atomic E-state index is 0.470. The van der Waals surface area contributed by atoms with Crippen LogP contribution in [0.25, 0.3) is 0 Å². The van der Waals surface area contributed by atoms with Crippen molar-refractivity contribution < 1.29 is 31.9 Å². The number of alkyl halides is 2. The quantitative estimate of drug-likeness (QED) is 0.681. The molecule has 1 rings (SSSR count). The molecule has 0 aliphatic heterocycles. The highest BCUT2D eigenvalue weighted by atomic mass is 32.2. The van der Waals surface area contributed by atoms with E-state index in [1.807, 2.05) is 5.32 Å². The van der Waals surface area contributed by atoms with Crippen LogP contribution < -0.4 is 5.32 Å². The molecule has 0 radical (unpaired) electrons. The molecule has 2 unspecified atom stereocenters. The Labute approximate surface area is 140 Å². The van der Waals surface area contributed by atoms with Gasteiger partial charge in [0.25, 0.3) is 0 Å². The lowest BCUT2D eigenvalue weighted by molar-refractivity contribution is -0.143. The molecular weight excluding hydrogens is 344 g/mol. The minimum Gasteiger partial charge on any atom is -0.480 e. The second-order valence-electron chi connectivity index (χ2n) is 6.54. The SMILES string of the molecule is CC(C)C(C(=O)NC(CC(F)F)C(=O)O)S(=O)(=O)C1CCCCC1. The summed E-state index contributed by atoms with van der Waals surface area (Å²) in [6, 6.07) is -1.81. The van der Waals surface area contributed by atoms with Crippen LogP contribution in [0, 0.1) is 5.92 Å². The number of sulfone groups is 1. The molecule has 1 aliphatic rings. The summed E-state index contributed by atoms with van der Waals surface area (Å²) in [5.74, 6) is -3.21. The van der Waals surface area contributed by atoms with Gasteiger partial charge in [-0.15, -0.1) is 0 Å². The normalized spacial score (nSPS) is 19.2. The van der Waals surface area contributed by atoms with Crippen molar-refractivity contribution in [2.24, 2.45) is 5.92 Å². The first-order chi connectivity index (χ1) is 11.1. The third-order valence-corrected chi connectivity index (χ3v) is 7.13. The minimum atomic E-state index is -3.81. The smallest absolute Gasteiger partial charge is 0.326 e. The van der Waals surface area contributed by atoms with E-state index in [-0.39, 0.29) is 0 Å². The van der Waals surface area contributed by atoms with Crippen LogP contribution in [0.2, 0.25) is 0 Å². The van der Waals surface area contributed by atoms with Crippen LogP contribution in [-0.4, -0.2) is 48.4 Å². The summed E-state index contributed by atoms with van der Waals surface area (Å²) in [5.41, 5.74) is 0. The summed E-state index contributed by atoms with van der Waals surface area (Å²) < 4.78 is 50.5. The number of rotatable bonds is 8. The van der Waals surface area contributed by atoms with Crippen molar-refractivity contribution in [3.05, 3.63) is 0 Å². The number of carbonyl (C=O) groups excluding carboxylic acids is 1. The molecule has 2 atom stereocenters. The molecule has 1 saturated carbocycles. The van der Waals surface area contributed by atoms with Gasteiger partial charge in [0.2, 0.25) is 12.3 Å². The summed E-state index contributed by atoms with van der Waals surface area (Å²) in [6.07, 6.45) is -0.566. The molecule has 0 aromatic rings. The Kier molecular flexibility index (Phi) is 7.56. The summed E-state index contributed by atoms with van der Waals surface area (Å²) in [6.45, 7) is 3.10. The molecule has 9 heteroatoms. The van der Waals surface area contributed by atoms with Gasteiger partial charge in [-0.3, -0.25) is 4.79 Å². The number of carboxylic acids is 1. The van der Waals surface area contributed by atoms with Gasteiger partial charge in [-0.2, -0.15) is 0 Å². The molecule has 0 spiro atoms. The van der Waals surface area contributed by atoms with Crippen molar-refractivity contribution in [1.82, 2.24) is 5.32 Å². The fourth-order valence-electron chi connectivity index (χ4n) is 3.09. The third-order valence-electron chi connectivity index (χ3n) is 4.26. The first-order valence-electron chi connectivity index (χ1n) is 8.11. The molecule has 0 aromatic heterocycles. The van der Waals surface area contributed by atoms with E-state index in [9.17, 15) is 26.8 Å². The van der Waals surface area contributed by atoms with Crippen molar-refractivity contribution in [3.63, 3.8) is 0 Å². The maximum Gasteiger partial charge on any atom is 0.326 e. The predicted molar refractivity (Wildman–Crippen MR) is 84.6 cm³/mol. The highest BCUT2D eigenvalue weighted by Crippen LogP contribution is 2.29. The molecule has 24 heavy (non-hydrogen) atoms. The largest absolute Gasteiger partial charge is 0.480 e. The van der Waals surface area contributed by atoms with Gasteiger partial charge in [-0.05, 0) is 18.8 Å². The molecule has 1 aliphatic carbocycles. The number of hydrogen-bond acceptors (Lipinski definition) is 4. The summed E-state index contributed by atoms with van der Waals surface area (Å²) in [7, 11) is -3.81. The first kappa shape index (κ1) is 20.8. The van der Waals surface area contributed by atoms with Crippen LogP contribution in [-0.2, 0) is 19.4 Å². The van der Waals surface area contributed by atoms with Crippen LogP contribution in [0.5, 0.6) is 0 Å². The highest BCUT2D eigenvalue weighted by molar-refractivity contribution is 7.93. The summed E-state index contributed by atoms with van der Waals surface area (Å²) in [5, 5.41) is 8.86. The van der Waals surface area contributed by atoms with Gasteiger partial charge in [0.05, 0.1) is 5.25 Å². The second kappa shape index (κ2) is 8.73. The number of hydrogen-bond donors (Lipinski definition) is 2. The van der Waals surface area contributed by atoms with E-state index in [2.05, 4.69) is 0 Å². The molecular formula is C15H25F2NO5S. The Morgan fingerprint density at radius 1 is 1.17 bits per heavy atom. The molecule has 1 amide bonds. The second-order valence-corrected chi connectivity index (χ2v) is 8.89. The number of halogens is 2. The predicted octanol–water partition coefficient (Wildman–Crippen LogP) is 1.98. The molecule has 0 saturated heterocycles. The van der Waals surface area contributed by atoms with Gasteiger partial charge < -0.3 is 10.4 Å². The summed E-state index contributed by atoms with van der Waals surface area (Å²) >= 11 is 0. The van der Waals surface area contributed by atoms with Gasteiger partial charge in [-0.1, -0.05) is 33.1 Å². The average molecular weight is 369 g/mol. The van der Waals surface area contributed by atoms with Gasteiger partial charge in [-0.25, -0.2) is 22.0 Å². The lowest BCUT2D eigenvalue weighted by atomic mass is 10.0. The number of carbonyl (C=O) groups is 2. The average Bonchev–Trinajstić information content (AvgIpc) is 2.46. The van der Waals surface area contributed by atoms with Crippen LogP contribution in [0.3, 0.4) is 0 Å². The van der Waals surface area contributed by atoms with Crippen LogP contribution in [0.4, 0.5) is 8.78 Å². The maximum atomic E-state index is 12.8. The Bertz CT molecular complexity index is 544. The third kappa shape index (κ3) is 5.39. The van der Waals surface area contributed by atoms with Crippen LogP contribution in [0.15, 0.2) is 0 Å². The molecule has 0 aromatic carbocycles. The van der Waals surface area contributed by atoms with E-state index < -0.39 is 57.0 Å². The molecule has 6 nitrogen and oxygen atoms in total. The number of aliphatic carboxylic acids is 1. The summed E-state index contributed by atoms with van der Waals surface area (Å²) in [4.78, 5) is 23.4. The number of carboxylic acid groups (broad SMARTS) is 1. The zero-order valence-electron chi connectivity index (χ0n) is 13.9. The zero-order valence-corrected chi connectivity index (χ0v) is 14.7. The highest BCUT2D eigenvalue weighted by Gasteiger charge is 2.42. The Balaban J connectivity index is 2.97. The Morgan fingerprint density at radius 3 is 2.12 bits per heavy atom. The van der Waals surface area contributed by atoms with E-state index in [1.54, 1.807) is 13.8 Å². The zero-order chi connectivity index (χ0) is 18.5. The van der Waals surface area contributed by atoms with E-state index in [1.165, 1.54) is 0 Å². The number of nitrogens with one attached hydrogen (secondary N) is 1. The fraction of sp³-hybridized carbons (Fsp3) is 0.867. The Hall–Kier alpha value is -1.25. The molecule has 0 heterocycles. The lowest BCUT2D eigenvalue weighted by Gasteiger charge is -2.29. The van der Waals surface area contributed by atoms with Crippen molar-refractivity contribution in [2.75, 3.05) is 0 Å². The molecule has 140 valence electrons. The van der Waals surface area contributed by atoms with Crippen molar-refractivity contribution >= 4 is 21.7 Å². The van der Waals surface area contributed by atoms with E-state index in [0.29, 0.717) is 12.8 Å². The number of amides is 1. The van der Waals surface area contributed by atoms with Crippen LogP contribution in [0.1, 0.15) is 52.4 Å². The van der Waals surface area contributed by atoms with E-state index >= 15 is 0 Å². The first-order valence-corrected chi connectivity index (χ1v) is 9.72. The van der Waals surface area contributed by atoms with E-state index in [4.69, 9.17) is 5.11 Å². The van der Waals surface area contributed by atoms with Gasteiger partial charge in [0.1, 0.15) is 11.3 Å². The molecule has 2 N–H and O–H groups in total. The molecule has 0 bridgehead atoms. The Morgan fingerprint density at radius 2 is 1.71 bits per heavy atom. The van der Waals surface area contributed by atoms with Crippen molar-refractivity contribution in [1.29, 1.82) is 0 Å². The van der Waals surface area contributed by atoms with Gasteiger partial charge in [0, 0.05) is 6.42 Å². The topological polar surface area (TPSA) is 101 Å². The molecule has 1 fully saturated rings. The van der Waals surface area contributed by atoms with Gasteiger partial charge >= 0.3 is 5.97 Å². The van der Waals surface area contributed by atoms with E-state index in [0.717, 1.165) is 19.3 Å². The van der Waals surface area contributed by atoms with Gasteiger partial charge in [0.15, 0.2) is 9.84 Å². The fourth-order valence-corrected chi connectivity index (χ4v) is 5.62. The van der Waals surface area contributed by atoms with Crippen molar-refractivity contribution in [2.45, 2.75) is 75.3 Å². The van der Waals surface area contributed by atoms with Crippen molar-refractivity contribution in [3.8, 4) is 0 Å². The monoisotopic (exact) mass is 369 g/mol. The standard InChI is InChI=1S/C15H25F2NO5S/c1-9(2)13(24(22,23)10-6-4-3-5-7-10)14(19)18-11(15(20)21)8-12(16)17/h9-13H,3-8H2,1-2H3,(H,18,19)(H,20,21). The van der Waals surface area contributed by atoms with Crippen LogP contribution >= 0.6 is 0 Å². The lowest BCUT2D eigenvalue weighted by Crippen LogP contribution is -2.52.